The van der Waals surface area contributed by atoms with Gasteiger partial charge in [0.25, 0.3) is 5.91 Å². The number of ether oxygens (including phenoxy) is 1. The molecule has 1 aliphatic heterocycles. The first kappa shape index (κ1) is 23.7. The van der Waals surface area contributed by atoms with Crippen LogP contribution in [-0.4, -0.2) is 51.5 Å². The molecule has 0 radical (unpaired) electrons. The van der Waals surface area contributed by atoms with E-state index < -0.39 is 10.0 Å². The van der Waals surface area contributed by atoms with Gasteiger partial charge in [-0.25, -0.2) is 8.42 Å². The van der Waals surface area contributed by atoms with Gasteiger partial charge < -0.3 is 10.1 Å². The summed E-state index contributed by atoms with van der Waals surface area (Å²) in [6.07, 6.45) is 4.23. The second-order valence-corrected chi connectivity index (χ2v) is 9.88. The molecule has 0 aromatic heterocycles. The van der Waals surface area contributed by atoms with Crippen LogP contribution in [0.5, 0.6) is 0 Å². The molecule has 6 nitrogen and oxygen atoms in total. The second kappa shape index (κ2) is 11.6. The van der Waals surface area contributed by atoms with E-state index in [0.29, 0.717) is 39.3 Å². The molecule has 0 bridgehead atoms. The van der Waals surface area contributed by atoms with Gasteiger partial charge in [-0.2, -0.15) is 4.31 Å². The highest BCUT2D eigenvalue weighted by atomic mass is 35.5. The molecular formula is C23H29ClN2O4S. The minimum atomic E-state index is -3.71. The molecule has 1 fully saturated rings. The van der Waals surface area contributed by atoms with Crippen LogP contribution in [0.15, 0.2) is 53.4 Å². The van der Waals surface area contributed by atoms with Crippen LogP contribution in [0, 0.1) is 0 Å². The van der Waals surface area contributed by atoms with Gasteiger partial charge in [-0.05, 0) is 49.4 Å². The van der Waals surface area contributed by atoms with Crippen molar-refractivity contribution in [2.24, 2.45) is 0 Å². The van der Waals surface area contributed by atoms with Crippen LogP contribution in [0.1, 0.15) is 41.6 Å². The third-order valence-corrected chi connectivity index (χ3v) is 7.64. The Kier molecular flexibility index (Phi) is 8.90. The fourth-order valence-corrected chi connectivity index (χ4v) is 5.52. The zero-order valence-electron chi connectivity index (χ0n) is 17.6. The maximum Gasteiger partial charge on any atom is 0.251 e. The van der Waals surface area contributed by atoms with Crippen molar-refractivity contribution in [3.05, 3.63) is 64.7 Å². The van der Waals surface area contributed by atoms with Gasteiger partial charge in [-0.3, -0.25) is 4.79 Å². The fourth-order valence-electron chi connectivity index (χ4n) is 3.50. The average molecular weight is 465 g/mol. The second-order valence-electron chi connectivity index (χ2n) is 7.57. The SMILES string of the molecule is O=C(NCCCOCCc1ccccc1)c1ccc(Cl)c(S(=O)(=O)N2CCCCC2)c1. The Morgan fingerprint density at radius 3 is 2.52 bits per heavy atom. The van der Waals surface area contributed by atoms with E-state index in [1.54, 1.807) is 6.07 Å². The number of nitrogens with one attached hydrogen (secondary N) is 1. The largest absolute Gasteiger partial charge is 0.381 e. The number of nitrogens with zero attached hydrogens (tertiary/aromatic N) is 1. The Hall–Kier alpha value is -1.93. The van der Waals surface area contributed by atoms with Crippen LogP contribution in [0.25, 0.3) is 0 Å². The molecule has 0 atom stereocenters. The van der Waals surface area contributed by atoms with E-state index in [1.807, 2.05) is 18.2 Å². The number of hydrogen-bond donors (Lipinski definition) is 1. The zero-order chi connectivity index (χ0) is 22.1. The topological polar surface area (TPSA) is 75.7 Å². The molecular weight excluding hydrogens is 436 g/mol. The molecule has 3 rings (SSSR count). The summed E-state index contributed by atoms with van der Waals surface area (Å²) < 4.78 is 32.9. The molecule has 1 N–H and O–H groups in total. The van der Waals surface area contributed by atoms with E-state index in [-0.39, 0.29) is 21.4 Å². The average Bonchev–Trinajstić information content (AvgIpc) is 2.79. The van der Waals surface area contributed by atoms with Gasteiger partial charge in [-0.1, -0.05) is 48.4 Å². The van der Waals surface area contributed by atoms with Crippen molar-refractivity contribution in [2.45, 2.75) is 37.0 Å². The lowest BCUT2D eigenvalue weighted by Gasteiger charge is -2.26. The third kappa shape index (κ3) is 6.77. The smallest absolute Gasteiger partial charge is 0.251 e. The molecule has 0 aliphatic carbocycles. The first-order valence-corrected chi connectivity index (χ1v) is 12.5. The van der Waals surface area contributed by atoms with E-state index in [9.17, 15) is 13.2 Å². The Morgan fingerprint density at radius 2 is 1.77 bits per heavy atom. The highest BCUT2D eigenvalue weighted by molar-refractivity contribution is 7.89. The number of hydrogen-bond acceptors (Lipinski definition) is 4. The normalized spacial score (nSPS) is 15.0. The molecule has 31 heavy (non-hydrogen) atoms. The number of halogens is 1. The molecule has 0 saturated carbocycles. The minimum Gasteiger partial charge on any atom is -0.381 e. The van der Waals surface area contributed by atoms with Crippen molar-refractivity contribution < 1.29 is 17.9 Å². The van der Waals surface area contributed by atoms with Crippen molar-refractivity contribution in [3.63, 3.8) is 0 Å². The van der Waals surface area contributed by atoms with Gasteiger partial charge in [0.1, 0.15) is 4.90 Å². The monoisotopic (exact) mass is 464 g/mol. The molecule has 1 amide bonds. The van der Waals surface area contributed by atoms with E-state index in [4.69, 9.17) is 16.3 Å². The van der Waals surface area contributed by atoms with E-state index in [2.05, 4.69) is 17.4 Å². The lowest BCUT2D eigenvalue weighted by molar-refractivity contribution is 0.0942. The summed E-state index contributed by atoms with van der Waals surface area (Å²) in [7, 11) is -3.71. The Balaban J connectivity index is 1.46. The molecule has 0 unspecified atom stereocenters. The maximum absolute atomic E-state index is 12.9. The summed E-state index contributed by atoms with van der Waals surface area (Å²) in [5, 5.41) is 2.95. The molecule has 0 spiro atoms. The zero-order valence-corrected chi connectivity index (χ0v) is 19.1. The molecule has 1 saturated heterocycles. The Morgan fingerprint density at radius 1 is 1.03 bits per heavy atom. The number of amides is 1. The van der Waals surface area contributed by atoms with E-state index in [1.165, 1.54) is 22.0 Å². The number of benzene rings is 2. The summed E-state index contributed by atoms with van der Waals surface area (Å²) in [5.41, 5.74) is 1.51. The highest BCUT2D eigenvalue weighted by Crippen LogP contribution is 2.27. The quantitative estimate of drug-likeness (QED) is 0.541. The summed E-state index contributed by atoms with van der Waals surface area (Å²) in [6, 6.07) is 14.5. The number of carbonyl (C=O) groups is 1. The lowest BCUT2D eigenvalue weighted by Crippen LogP contribution is -2.36. The summed E-state index contributed by atoms with van der Waals surface area (Å²) in [6.45, 7) is 2.59. The van der Waals surface area contributed by atoms with Gasteiger partial charge in [0.05, 0.1) is 11.6 Å². The fraction of sp³-hybridized carbons (Fsp3) is 0.435. The molecule has 1 aliphatic rings. The number of carbonyl (C=O) groups excluding carboxylic acids is 1. The van der Waals surface area contributed by atoms with Crippen LogP contribution < -0.4 is 5.32 Å². The minimum absolute atomic E-state index is 0.00652. The predicted octanol–water partition coefficient (Wildman–Crippen LogP) is 3.89. The molecule has 2 aromatic rings. The summed E-state index contributed by atoms with van der Waals surface area (Å²) >= 11 is 6.17. The van der Waals surface area contributed by atoms with Gasteiger partial charge in [-0.15, -0.1) is 0 Å². The van der Waals surface area contributed by atoms with Gasteiger partial charge in [0.2, 0.25) is 10.0 Å². The maximum atomic E-state index is 12.9. The number of rotatable bonds is 10. The standard InChI is InChI=1S/C23H29ClN2O4S/c24-21-11-10-20(18-22(21)31(28,29)26-14-5-2-6-15-26)23(27)25-13-7-16-30-17-12-19-8-3-1-4-9-19/h1,3-4,8-11,18H,2,5-7,12-17H2,(H,25,27). The van der Waals surface area contributed by atoms with Gasteiger partial charge >= 0.3 is 0 Å². The van der Waals surface area contributed by atoms with Crippen molar-refractivity contribution in [1.82, 2.24) is 9.62 Å². The summed E-state index contributed by atoms with van der Waals surface area (Å²) in [5.74, 6) is -0.323. The van der Waals surface area contributed by atoms with Crippen LogP contribution >= 0.6 is 11.6 Å². The van der Waals surface area contributed by atoms with Crippen molar-refractivity contribution >= 4 is 27.5 Å². The van der Waals surface area contributed by atoms with Gasteiger partial charge in [0.15, 0.2) is 0 Å². The highest BCUT2D eigenvalue weighted by Gasteiger charge is 2.28. The molecule has 1 heterocycles. The summed E-state index contributed by atoms with van der Waals surface area (Å²) in [4.78, 5) is 12.5. The first-order chi connectivity index (χ1) is 15.0. The van der Waals surface area contributed by atoms with Crippen molar-refractivity contribution in [1.29, 1.82) is 0 Å². The third-order valence-electron chi connectivity index (χ3n) is 5.26. The van der Waals surface area contributed by atoms with Crippen LogP contribution in [-0.2, 0) is 21.2 Å². The number of piperidine rings is 1. The first-order valence-electron chi connectivity index (χ1n) is 10.7. The Labute approximate surface area is 189 Å². The molecule has 2 aromatic carbocycles. The van der Waals surface area contributed by atoms with Crippen molar-refractivity contribution in [3.8, 4) is 0 Å². The predicted molar refractivity (Wildman–Crippen MR) is 122 cm³/mol. The Bertz CT molecular complexity index is 961. The molecule has 8 heteroatoms. The van der Waals surface area contributed by atoms with Crippen LogP contribution in [0.2, 0.25) is 5.02 Å². The van der Waals surface area contributed by atoms with Crippen LogP contribution in [0.4, 0.5) is 0 Å². The van der Waals surface area contributed by atoms with Crippen LogP contribution in [0.3, 0.4) is 0 Å². The lowest BCUT2D eigenvalue weighted by atomic mass is 10.2. The van der Waals surface area contributed by atoms with Crippen molar-refractivity contribution in [2.75, 3.05) is 32.8 Å². The van der Waals surface area contributed by atoms with E-state index in [0.717, 1.165) is 25.7 Å². The number of sulfonamides is 1. The van der Waals surface area contributed by atoms with Gasteiger partial charge in [0, 0.05) is 31.8 Å². The van der Waals surface area contributed by atoms with E-state index >= 15 is 0 Å². The molecule has 168 valence electrons.